The van der Waals surface area contributed by atoms with Crippen LogP contribution in [0.15, 0.2) is 18.5 Å². The average Bonchev–Trinajstić information content (AvgIpc) is 2.34. The van der Waals surface area contributed by atoms with Crippen LogP contribution in [0.4, 0.5) is 0 Å². The Hall–Kier alpha value is -1.52. The molecule has 0 unspecified atom stereocenters. The highest BCUT2D eigenvalue weighted by molar-refractivity contribution is 6.31. The van der Waals surface area contributed by atoms with Gasteiger partial charge in [-0.15, -0.1) is 0 Å². The number of benzene rings is 1. The van der Waals surface area contributed by atoms with E-state index in [0.717, 1.165) is 11.1 Å². The van der Waals surface area contributed by atoms with Gasteiger partial charge in [0.05, 0.1) is 7.11 Å². The van der Waals surface area contributed by atoms with E-state index >= 15 is 0 Å². The van der Waals surface area contributed by atoms with Crippen molar-refractivity contribution >= 4 is 23.2 Å². The summed E-state index contributed by atoms with van der Waals surface area (Å²) in [4.78, 5) is 7.87. The molecule has 0 N–H and O–H groups in total. The van der Waals surface area contributed by atoms with Crippen molar-refractivity contribution in [2.75, 3.05) is 7.11 Å². The van der Waals surface area contributed by atoms with Gasteiger partial charge < -0.3 is 9.47 Å². The first-order valence-corrected chi connectivity index (χ1v) is 6.27. The van der Waals surface area contributed by atoms with E-state index in [-0.39, 0.29) is 11.0 Å². The Morgan fingerprint density at radius 3 is 2.21 bits per heavy atom. The molecule has 0 bridgehead atoms. The molecular formula is C13H12Cl2N2O2. The maximum absolute atomic E-state index is 5.98. The maximum atomic E-state index is 5.98. The summed E-state index contributed by atoms with van der Waals surface area (Å²) in [5, 5.41) is 0.867. The molecule has 0 spiro atoms. The molecular weight excluding hydrogens is 287 g/mol. The summed E-state index contributed by atoms with van der Waals surface area (Å²) in [6, 6.07) is 3.64. The van der Waals surface area contributed by atoms with E-state index in [1.54, 1.807) is 0 Å². The zero-order valence-corrected chi connectivity index (χ0v) is 12.2. The molecule has 0 radical (unpaired) electrons. The minimum atomic E-state index is 0.205. The van der Waals surface area contributed by atoms with Crippen molar-refractivity contribution in [1.82, 2.24) is 9.97 Å². The van der Waals surface area contributed by atoms with E-state index in [0.29, 0.717) is 16.5 Å². The second-order valence-corrected chi connectivity index (χ2v) is 4.77. The number of aromatic nitrogens is 2. The highest BCUT2D eigenvalue weighted by Crippen LogP contribution is 2.37. The van der Waals surface area contributed by atoms with Crippen LogP contribution in [0, 0.1) is 13.8 Å². The van der Waals surface area contributed by atoms with Crippen LogP contribution >= 0.6 is 23.2 Å². The Bertz CT molecular complexity index is 595. The van der Waals surface area contributed by atoms with Crippen LogP contribution in [0.5, 0.6) is 17.4 Å². The smallest absolute Gasteiger partial charge is 0.267 e. The third-order valence-electron chi connectivity index (χ3n) is 2.56. The fourth-order valence-electron chi connectivity index (χ4n) is 1.74. The van der Waals surface area contributed by atoms with Gasteiger partial charge in [0.1, 0.15) is 12.1 Å². The van der Waals surface area contributed by atoms with Crippen LogP contribution in [0.2, 0.25) is 10.2 Å². The minimum absolute atomic E-state index is 0.205. The number of rotatable bonds is 3. The molecule has 1 aromatic carbocycles. The van der Waals surface area contributed by atoms with Gasteiger partial charge in [-0.1, -0.05) is 23.2 Å². The summed E-state index contributed by atoms with van der Waals surface area (Å²) in [6.45, 7) is 3.81. The van der Waals surface area contributed by atoms with Crippen LogP contribution in [0.1, 0.15) is 11.1 Å². The summed E-state index contributed by atoms with van der Waals surface area (Å²) < 4.78 is 10.9. The second-order valence-electron chi connectivity index (χ2n) is 3.97. The summed E-state index contributed by atoms with van der Waals surface area (Å²) in [6.07, 6.45) is 1.32. The van der Waals surface area contributed by atoms with Crippen molar-refractivity contribution in [3.8, 4) is 17.4 Å². The highest BCUT2D eigenvalue weighted by Gasteiger charge is 2.15. The van der Waals surface area contributed by atoms with Crippen LogP contribution < -0.4 is 9.47 Å². The quantitative estimate of drug-likeness (QED) is 0.797. The molecule has 0 saturated carbocycles. The van der Waals surface area contributed by atoms with Gasteiger partial charge in [-0.3, -0.25) is 0 Å². The Kier molecular flexibility index (Phi) is 4.12. The van der Waals surface area contributed by atoms with Crippen molar-refractivity contribution in [3.05, 3.63) is 39.8 Å². The molecule has 2 rings (SSSR count). The second kappa shape index (κ2) is 5.63. The first-order chi connectivity index (χ1) is 9.02. The first kappa shape index (κ1) is 13.9. The van der Waals surface area contributed by atoms with E-state index in [4.69, 9.17) is 32.7 Å². The van der Waals surface area contributed by atoms with Crippen LogP contribution in [0.3, 0.4) is 0 Å². The van der Waals surface area contributed by atoms with Crippen molar-refractivity contribution in [3.63, 3.8) is 0 Å². The summed E-state index contributed by atoms with van der Waals surface area (Å²) >= 11 is 11.9. The standard InChI is InChI=1S/C13H12Cl2N2O2/c1-7-4-9(14)5-8(2)10(7)19-13-11(18-3)12(15)16-6-17-13/h4-6H,1-3H3. The molecule has 0 fully saturated rings. The van der Waals surface area contributed by atoms with E-state index in [2.05, 4.69) is 9.97 Å². The molecule has 0 aliphatic rings. The van der Waals surface area contributed by atoms with E-state index < -0.39 is 0 Å². The van der Waals surface area contributed by atoms with E-state index in [1.165, 1.54) is 13.4 Å². The lowest BCUT2D eigenvalue weighted by atomic mass is 10.1. The van der Waals surface area contributed by atoms with Gasteiger partial charge >= 0.3 is 0 Å². The number of halogens is 2. The molecule has 0 aliphatic carbocycles. The molecule has 0 atom stereocenters. The normalized spacial score (nSPS) is 10.4. The first-order valence-electron chi connectivity index (χ1n) is 5.52. The number of hydrogen-bond acceptors (Lipinski definition) is 4. The maximum Gasteiger partial charge on any atom is 0.267 e. The van der Waals surface area contributed by atoms with Gasteiger partial charge in [0.15, 0.2) is 5.15 Å². The lowest BCUT2D eigenvalue weighted by Crippen LogP contribution is -1.98. The van der Waals surface area contributed by atoms with Crippen molar-refractivity contribution < 1.29 is 9.47 Å². The Balaban J connectivity index is 2.45. The Morgan fingerprint density at radius 2 is 1.63 bits per heavy atom. The predicted octanol–water partition coefficient (Wildman–Crippen LogP) is 4.20. The Morgan fingerprint density at radius 1 is 1.00 bits per heavy atom. The van der Waals surface area contributed by atoms with E-state index in [1.807, 2.05) is 26.0 Å². The van der Waals surface area contributed by atoms with Crippen LogP contribution in [-0.2, 0) is 0 Å². The van der Waals surface area contributed by atoms with Crippen molar-refractivity contribution in [2.45, 2.75) is 13.8 Å². The minimum Gasteiger partial charge on any atom is -0.489 e. The predicted molar refractivity (Wildman–Crippen MR) is 74.6 cm³/mol. The number of hydrogen-bond donors (Lipinski definition) is 0. The zero-order chi connectivity index (χ0) is 14.0. The molecule has 4 nitrogen and oxygen atoms in total. The summed E-state index contributed by atoms with van der Waals surface area (Å²) in [7, 11) is 1.49. The molecule has 6 heteroatoms. The van der Waals surface area contributed by atoms with Crippen LogP contribution in [-0.4, -0.2) is 17.1 Å². The topological polar surface area (TPSA) is 44.2 Å². The molecule has 0 aliphatic heterocycles. The Labute approximate surface area is 121 Å². The highest BCUT2D eigenvalue weighted by atomic mass is 35.5. The zero-order valence-electron chi connectivity index (χ0n) is 10.7. The third kappa shape index (κ3) is 2.91. The molecule has 100 valence electrons. The van der Waals surface area contributed by atoms with Gasteiger partial charge in [-0.25, -0.2) is 4.98 Å². The van der Waals surface area contributed by atoms with Gasteiger partial charge in [-0.2, -0.15) is 4.98 Å². The lowest BCUT2D eigenvalue weighted by Gasteiger charge is -2.13. The number of methoxy groups -OCH3 is 1. The van der Waals surface area contributed by atoms with Gasteiger partial charge in [0.25, 0.3) is 5.88 Å². The van der Waals surface area contributed by atoms with Gasteiger partial charge in [0, 0.05) is 5.02 Å². The van der Waals surface area contributed by atoms with Crippen LogP contribution in [0.25, 0.3) is 0 Å². The summed E-state index contributed by atoms with van der Waals surface area (Å²) in [5.41, 5.74) is 1.81. The SMILES string of the molecule is COc1c(Cl)ncnc1Oc1c(C)cc(Cl)cc1C. The number of aryl methyl sites for hydroxylation is 2. The third-order valence-corrected chi connectivity index (χ3v) is 3.04. The average molecular weight is 299 g/mol. The summed E-state index contributed by atoms with van der Waals surface area (Å²) in [5.74, 6) is 1.26. The molecule has 2 aromatic rings. The molecule has 0 saturated heterocycles. The number of ether oxygens (including phenoxy) is 2. The van der Waals surface area contributed by atoms with Gasteiger partial charge in [-0.05, 0) is 37.1 Å². The van der Waals surface area contributed by atoms with Crippen molar-refractivity contribution in [1.29, 1.82) is 0 Å². The fourth-order valence-corrected chi connectivity index (χ4v) is 2.27. The number of nitrogens with zero attached hydrogens (tertiary/aromatic N) is 2. The van der Waals surface area contributed by atoms with E-state index in [9.17, 15) is 0 Å². The van der Waals surface area contributed by atoms with Gasteiger partial charge in [0.2, 0.25) is 5.75 Å². The monoisotopic (exact) mass is 298 g/mol. The molecule has 19 heavy (non-hydrogen) atoms. The van der Waals surface area contributed by atoms with Crippen molar-refractivity contribution in [2.24, 2.45) is 0 Å². The largest absolute Gasteiger partial charge is 0.489 e. The lowest BCUT2D eigenvalue weighted by molar-refractivity contribution is 0.365. The molecule has 1 heterocycles. The molecule has 1 aromatic heterocycles. The molecule has 0 amide bonds. The fraction of sp³-hybridized carbons (Fsp3) is 0.231.